The Kier molecular flexibility index (Phi) is 2.22. The van der Waals surface area contributed by atoms with Gasteiger partial charge in [0.25, 0.3) is 0 Å². The van der Waals surface area contributed by atoms with Crippen molar-refractivity contribution in [2.75, 3.05) is 0 Å². The summed E-state index contributed by atoms with van der Waals surface area (Å²) in [4.78, 5) is 3.50. The van der Waals surface area contributed by atoms with Gasteiger partial charge in [0.1, 0.15) is 5.69 Å². The van der Waals surface area contributed by atoms with Crippen molar-refractivity contribution in [3.8, 4) is 0 Å². The summed E-state index contributed by atoms with van der Waals surface area (Å²) in [5, 5.41) is 3.88. The highest BCUT2D eigenvalue weighted by molar-refractivity contribution is 9.10. The number of alkyl halides is 3. The molecule has 0 aromatic carbocycles. The molecule has 15 heavy (non-hydrogen) atoms. The quantitative estimate of drug-likeness (QED) is 0.742. The molecule has 7 heteroatoms. The lowest BCUT2D eigenvalue weighted by Crippen LogP contribution is -2.10. The molecular formula is C8H5BrF3N3. The van der Waals surface area contributed by atoms with Crippen LogP contribution in [0.3, 0.4) is 0 Å². The molecule has 3 nitrogen and oxygen atoms in total. The Bertz CT molecular complexity index is 518. The second-order valence-electron chi connectivity index (χ2n) is 3.01. The number of nitrogens with zero attached hydrogens (tertiary/aromatic N) is 3. The van der Waals surface area contributed by atoms with E-state index in [4.69, 9.17) is 0 Å². The Balaban J connectivity index is 2.76. The first kappa shape index (κ1) is 10.4. The van der Waals surface area contributed by atoms with Gasteiger partial charge in [-0.25, -0.2) is 9.50 Å². The average Bonchev–Trinajstić information content (AvgIpc) is 2.47. The Morgan fingerprint density at radius 3 is 2.67 bits per heavy atom. The van der Waals surface area contributed by atoms with Gasteiger partial charge in [-0.3, -0.25) is 0 Å². The highest BCUT2D eigenvalue weighted by atomic mass is 79.9. The lowest BCUT2D eigenvalue weighted by atomic mass is 10.3. The van der Waals surface area contributed by atoms with Crippen molar-refractivity contribution >= 4 is 21.6 Å². The van der Waals surface area contributed by atoms with Crippen LogP contribution in [0, 0.1) is 6.92 Å². The van der Waals surface area contributed by atoms with Crippen molar-refractivity contribution in [1.82, 2.24) is 14.6 Å². The minimum atomic E-state index is -4.43. The second kappa shape index (κ2) is 3.19. The smallest absolute Gasteiger partial charge is 0.223 e. The second-order valence-corrected chi connectivity index (χ2v) is 3.86. The summed E-state index contributed by atoms with van der Waals surface area (Å²) in [6.45, 7) is 1.54. The van der Waals surface area contributed by atoms with E-state index in [2.05, 4.69) is 26.0 Å². The molecule has 0 bridgehead atoms. The Hall–Kier alpha value is -1.11. The van der Waals surface area contributed by atoms with Crippen molar-refractivity contribution in [3.05, 3.63) is 28.1 Å². The van der Waals surface area contributed by atoms with E-state index in [-0.39, 0.29) is 5.65 Å². The molecule has 0 spiro atoms. The van der Waals surface area contributed by atoms with Crippen molar-refractivity contribution in [2.24, 2.45) is 0 Å². The average molecular weight is 280 g/mol. The van der Waals surface area contributed by atoms with Crippen molar-refractivity contribution in [2.45, 2.75) is 13.1 Å². The molecule has 0 fully saturated rings. The molecule has 0 radical (unpaired) electrons. The normalized spacial score (nSPS) is 12.3. The minimum absolute atomic E-state index is 0.169. The number of hydrogen-bond donors (Lipinski definition) is 0. The standard InChI is InChI=1S/C8H5BrF3N3/c1-4-2-6(8(10,11)12)14-7-5(9)3-13-15(4)7/h2-3H,1H3. The fraction of sp³-hybridized carbons (Fsp3) is 0.250. The molecule has 0 aliphatic rings. The number of halogens is 4. The van der Waals surface area contributed by atoms with Crippen LogP contribution in [0.25, 0.3) is 5.65 Å². The van der Waals surface area contributed by atoms with Gasteiger partial charge in [0.15, 0.2) is 5.65 Å². The van der Waals surface area contributed by atoms with E-state index in [1.807, 2.05) is 0 Å². The Morgan fingerprint density at radius 2 is 2.07 bits per heavy atom. The van der Waals surface area contributed by atoms with E-state index >= 15 is 0 Å². The van der Waals surface area contributed by atoms with Crippen LogP contribution < -0.4 is 0 Å². The topological polar surface area (TPSA) is 30.2 Å². The van der Waals surface area contributed by atoms with E-state index in [0.717, 1.165) is 6.07 Å². The molecular weight excluding hydrogens is 275 g/mol. The van der Waals surface area contributed by atoms with Gasteiger partial charge in [0.05, 0.1) is 10.7 Å². The molecule has 0 N–H and O–H groups in total. The summed E-state index contributed by atoms with van der Waals surface area (Å²) in [7, 11) is 0. The molecule has 0 aliphatic heterocycles. The van der Waals surface area contributed by atoms with Crippen LogP contribution in [0.15, 0.2) is 16.7 Å². The summed E-state index contributed by atoms with van der Waals surface area (Å²) in [5.41, 5.74) is -0.353. The summed E-state index contributed by atoms with van der Waals surface area (Å²) in [6.07, 6.45) is -3.02. The van der Waals surface area contributed by atoms with Gasteiger partial charge in [0.2, 0.25) is 0 Å². The van der Waals surface area contributed by atoms with Gasteiger partial charge in [0, 0.05) is 5.69 Å². The maximum Gasteiger partial charge on any atom is 0.433 e. The van der Waals surface area contributed by atoms with Crippen molar-refractivity contribution in [3.63, 3.8) is 0 Å². The van der Waals surface area contributed by atoms with E-state index in [9.17, 15) is 13.2 Å². The Morgan fingerprint density at radius 1 is 1.40 bits per heavy atom. The zero-order valence-electron chi connectivity index (χ0n) is 7.51. The summed E-state index contributed by atoms with van der Waals surface area (Å²) in [5.74, 6) is 0. The van der Waals surface area contributed by atoms with Gasteiger partial charge in [-0.15, -0.1) is 0 Å². The fourth-order valence-electron chi connectivity index (χ4n) is 1.23. The molecule has 0 atom stereocenters. The molecule has 0 saturated heterocycles. The highest BCUT2D eigenvalue weighted by Gasteiger charge is 2.33. The van der Waals surface area contributed by atoms with Gasteiger partial charge < -0.3 is 0 Å². The SMILES string of the molecule is Cc1cc(C(F)(F)F)nc2c(Br)cnn12. The van der Waals surface area contributed by atoms with Crippen molar-refractivity contribution < 1.29 is 13.2 Å². The van der Waals surface area contributed by atoms with E-state index in [1.54, 1.807) is 6.92 Å². The van der Waals surface area contributed by atoms with E-state index < -0.39 is 11.9 Å². The number of aryl methyl sites for hydroxylation is 1. The molecule has 2 aromatic heterocycles. The lowest BCUT2D eigenvalue weighted by molar-refractivity contribution is -0.141. The molecule has 80 valence electrons. The fourth-order valence-corrected chi connectivity index (χ4v) is 1.58. The van der Waals surface area contributed by atoms with E-state index in [0.29, 0.717) is 10.2 Å². The Labute approximate surface area is 91.1 Å². The maximum absolute atomic E-state index is 12.4. The molecule has 0 amide bonds. The molecule has 2 aromatic rings. The lowest BCUT2D eigenvalue weighted by Gasteiger charge is -2.07. The van der Waals surface area contributed by atoms with E-state index in [1.165, 1.54) is 10.7 Å². The largest absolute Gasteiger partial charge is 0.433 e. The third-order valence-electron chi connectivity index (χ3n) is 1.90. The zero-order valence-corrected chi connectivity index (χ0v) is 9.09. The molecule has 0 aliphatic carbocycles. The van der Waals surface area contributed by atoms with Crippen molar-refractivity contribution in [1.29, 1.82) is 0 Å². The summed E-state index contributed by atoms with van der Waals surface area (Å²) < 4.78 is 39.1. The molecule has 2 rings (SSSR count). The molecule has 2 heterocycles. The van der Waals surface area contributed by atoms with Crippen LogP contribution in [0.5, 0.6) is 0 Å². The first-order valence-corrected chi connectivity index (χ1v) is 4.77. The van der Waals surface area contributed by atoms with Crippen LogP contribution in [0.1, 0.15) is 11.4 Å². The summed E-state index contributed by atoms with van der Waals surface area (Å²) in [6, 6.07) is 0.965. The first-order valence-electron chi connectivity index (χ1n) is 3.97. The monoisotopic (exact) mass is 279 g/mol. The van der Waals surface area contributed by atoms with Gasteiger partial charge in [-0.2, -0.15) is 18.3 Å². The number of hydrogen-bond acceptors (Lipinski definition) is 2. The van der Waals surface area contributed by atoms with Crippen LogP contribution in [-0.4, -0.2) is 14.6 Å². The highest BCUT2D eigenvalue weighted by Crippen LogP contribution is 2.29. The first-order chi connectivity index (χ1) is 6.89. The molecule has 0 unspecified atom stereocenters. The van der Waals surface area contributed by atoms with Crippen LogP contribution in [-0.2, 0) is 6.18 Å². The van der Waals surface area contributed by atoms with Gasteiger partial charge in [-0.05, 0) is 28.9 Å². The van der Waals surface area contributed by atoms with Gasteiger partial charge >= 0.3 is 6.18 Å². The van der Waals surface area contributed by atoms with Crippen LogP contribution in [0.4, 0.5) is 13.2 Å². The predicted octanol–water partition coefficient (Wildman–Crippen LogP) is 2.82. The molecule has 0 saturated carbocycles. The summed E-state index contributed by atoms with van der Waals surface area (Å²) >= 11 is 3.09. The number of aromatic nitrogens is 3. The number of fused-ring (bicyclic) bond motifs is 1. The third kappa shape index (κ3) is 1.71. The van der Waals surface area contributed by atoms with Crippen LogP contribution >= 0.6 is 15.9 Å². The maximum atomic E-state index is 12.4. The predicted molar refractivity (Wildman–Crippen MR) is 50.4 cm³/mol. The third-order valence-corrected chi connectivity index (χ3v) is 2.46. The number of rotatable bonds is 0. The minimum Gasteiger partial charge on any atom is -0.223 e. The van der Waals surface area contributed by atoms with Crippen LogP contribution in [0.2, 0.25) is 0 Å². The zero-order chi connectivity index (χ0) is 11.2. The van der Waals surface area contributed by atoms with Gasteiger partial charge in [-0.1, -0.05) is 0 Å².